The minimum Gasteiger partial charge on any atom is -0.467 e. The summed E-state index contributed by atoms with van der Waals surface area (Å²) in [5.74, 6) is -0.469. The molecular weight excluding hydrogens is 405 g/mol. The lowest BCUT2D eigenvalue weighted by Gasteiger charge is -2.28. The van der Waals surface area contributed by atoms with Crippen LogP contribution in [0.3, 0.4) is 0 Å². The third-order valence-electron chi connectivity index (χ3n) is 5.10. The van der Waals surface area contributed by atoms with Crippen LogP contribution in [0.1, 0.15) is 17.5 Å². The number of fused-ring (bicyclic) bond motifs is 1. The SMILES string of the molecule is O=C(N[C@H]1CCc2cc(OC(=O)N3CCNCC3)cc(F)c2O1)OCc1ccccc1. The van der Waals surface area contributed by atoms with Gasteiger partial charge in [0.2, 0.25) is 0 Å². The van der Waals surface area contributed by atoms with Crippen molar-refractivity contribution in [3.8, 4) is 11.5 Å². The van der Waals surface area contributed by atoms with Gasteiger partial charge in [-0.3, -0.25) is 5.32 Å². The number of rotatable bonds is 4. The van der Waals surface area contributed by atoms with Crippen LogP contribution in [-0.4, -0.2) is 49.5 Å². The molecule has 1 saturated heterocycles. The number of carbonyl (C=O) groups excluding carboxylic acids is 2. The molecule has 2 aromatic carbocycles. The number of halogens is 1. The number of hydrogen-bond donors (Lipinski definition) is 2. The number of carbonyl (C=O) groups is 2. The van der Waals surface area contributed by atoms with Crippen LogP contribution in [0.15, 0.2) is 42.5 Å². The average Bonchev–Trinajstić information content (AvgIpc) is 2.79. The smallest absolute Gasteiger partial charge is 0.415 e. The highest BCUT2D eigenvalue weighted by atomic mass is 19.1. The lowest BCUT2D eigenvalue weighted by atomic mass is 10.0. The molecule has 0 spiro atoms. The van der Waals surface area contributed by atoms with Crippen molar-refractivity contribution in [2.24, 2.45) is 0 Å². The zero-order valence-electron chi connectivity index (χ0n) is 16.9. The summed E-state index contributed by atoms with van der Waals surface area (Å²) in [5.41, 5.74) is 1.44. The Hall–Kier alpha value is -3.33. The van der Waals surface area contributed by atoms with Crippen molar-refractivity contribution in [1.29, 1.82) is 0 Å². The van der Waals surface area contributed by atoms with Gasteiger partial charge in [0, 0.05) is 44.2 Å². The summed E-state index contributed by atoms with van der Waals surface area (Å²) in [4.78, 5) is 25.9. The minimum atomic E-state index is -0.709. The molecule has 0 unspecified atom stereocenters. The normalized spacial score (nSPS) is 17.8. The van der Waals surface area contributed by atoms with Crippen molar-refractivity contribution in [2.75, 3.05) is 26.2 Å². The first-order valence-corrected chi connectivity index (χ1v) is 10.2. The first-order valence-electron chi connectivity index (χ1n) is 10.2. The number of nitrogens with one attached hydrogen (secondary N) is 2. The second kappa shape index (κ2) is 9.65. The van der Waals surface area contributed by atoms with Crippen LogP contribution in [0.2, 0.25) is 0 Å². The van der Waals surface area contributed by atoms with E-state index >= 15 is 0 Å². The van der Waals surface area contributed by atoms with Gasteiger partial charge in [-0.25, -0.2) is 14.0 Å². The number of nitrogens with zero attached hydrogens (tertiary/aromatic N) is 1. The number of benzene rings is 2. The molecule has 2 aromatic rings. The maximum atomic E-state index is 14.6. The van der Waals surface area contributed by atoms with Crippen molar-refractivity contribution in [2.45, 2.75) is 25.7 Å². The summed E-state index contributed by atoms with van der Waals surface area (Å²) in [6.45, 7) is 2.62. The predicted octanol–water partition coefficient (Wildman–Crippen LogP) is 2.81. The zero-order chi connectivity index (χ0) is 21.6. The molecule has 0 saturated carbocycles. The van der Waals surface area contributed by atoms with E-state index in [1.54, 1.807) is 11.0 Å². The molecule has 4 rings (SSSR count). The summed E-state index contributed by atoms with van der Waals surface area (Å²) < 4.78 is 30.8. The van der Waals surface area contributed by atoms with E-state index in [0.29, 0.717) is 44.6 Å². The fourth-order valence-corrected chi connectivity index (χ4v) is 3.50. The summed E-state index contributed by atoms with van der Waals surface area (Å²) >= 11 is 0. The molecule has 8 nitrogen and oxygen atoms in total. The van der Waals surface area contributed by atoms with Gasteiger partial charge in [0.25, 0.3) is 0 Å². The maximum Gasteiger partial charge on any atom is 0.415 e. The van der Waals surface area contributed by atoms with Gasteiger partial charge in [0.15, 0.2) is 17.8 Å². The van der Waals surface area contributed by atoms with Crippen LogP contribution >= 0.6 is 0 Å². The zero-order valence-corrected chi connectivity index (χ0v) is 16.9. The number of amides is 2. The minimum absolute atomic E-state index is 0.0431. The Kier molecular flexibility index (Phi) is 6.51. The Balaban J connectivity index is 1.32. The van der Waals surface area contributed by atoms with E-state index in [1.807, 2.05) is 30.3 Å². The van der Waals surface area contributed by atoms with Gasteiger partial charge in [0.05, 0.1) is 0 Å². The van der Waals surface area contributed by atoms with Crippen LogP contribution < -0.4 is 20.1 Å². The Bertz CT molecular complexity index is 934. The number of piperazine rings is 1. The highest BCUT2D eigenvalue weighted by molar-refractivity contribution is 5.71. The second-order valence-electron chi connectivity index (χ2n) is 7.35. The molecule has 0 aliphatic carbocycles. The van der Waals surface area contributed by atoms with Crippen molar-refractivity contribution in [3.63, 3.8) is 0 Å². The van der Waals surface area contributed by atoms with Crippen molar-refractivity contribution >= 4 is 12.2 Å². The van der Waals surface area contributed by atoms with E-state index in [2.05, 4.69) is 10.6 Å². The molecule has 2 N–H and O–H groups in total. The molecule has 1 atom stereocenters. The van der Waals surface area contributed by atoms with Crippen molar-refractivity contribution < 1.29 is 28.2 Å². The molecule has 0 bridgehead atoms. The average molecular weight is 429 g/mol. The molecular formula is C22H24FN3O5. The van der Waals surface area contributed by atoms with E-state index in [0.717, 1.165) is 11.6 Å². The Labute approximate surface area is 179 Å². The van der Waals surface area contributed by atoms with Gasteiger partial charge in [0.1, 0.15) is 12.4 Å². The van der Waals surface area contributed by atoms with Crippen LogP contribution in [-0.2, 0) is 17.8 Å². The lowest BCUT2D eigenvalue weighted by molar-refractivity contribution is 0.0930. The molecule has 31 heavy (non-hydrogen) atoms. The van der Waals surface area contributed by atoms with Crippen LogP contribution in [0.4, 0.5) is 14.0 Å². The molecule has 0 aromatic heterocycles. The first-order chi connectivity index (χ1) is 15.1. The number of ether oxygens (including phenoxy) is 3. The van der Waals surface area contributed by atoms with Gasteiger partial charge in [-0.1, -0.05) is 30.3 Å². The van der Waals surface area contributed by atoms with Gasteiger partial charge in [-0.05, 0) is 18.1 Å². The Morgan fingerprint density at radius 1 is 1.19 bits per heavy atom. The van der Waals surface area contributed by atoms with Crippen LogP contribution in [0.25, 0.3) is 0 Å². The number of alkyl carbamates (subject to hydrolysis) is 1. The van der Waals surface area contributed by atoms with Gasteiger partial charge in [-0.15, -0.1) is 0 Å². The summed E-state index contributed by atoms with van der Waals surface area (Å²) in [5, 5.41) is 5.75. The van der Waals surface area contributed by atoms with Crippen molar-refractivity contribution in [3.05, 3.63) is 59.4 Å². The fourth-order valence-electron chi connectivity index (χ4n) is 3.50. The first kappa shape index (κ1) is 20.9. The summed E-state index contributed by atoms with van der Waals surface area (Å²) in [6.07, 6.45) is -0.964. The van der Waals surface area contributed by atoms with Crippen LogP contribution in [0.5, 0.6) is 11.5 Å². The van der Waals surface area contributed by atoms with E-state index in [-0.39, 0.29) is 18.1 Å². The standard InChI is InChI=1S/C22H24FN3O5/c23-18-13-17(30-22(28)26-10-8-24-9-11-26)12-16-6-7-19(31-20(16)18)25-21(27)29-14-15-4-2-1-3-5-15/h1-5,12-13,19,24H,6-11,14H2,(H,25,27)/t19-/m1/s1. The van der Waals surface area contributed by atoms with Crippen LogP contribution in [0, 0.1) is 5.82 Å². The molecule has 0 radical (unpaired) electrons. The highest BCUT2D eigenvalue weighted by Crippen LogP contribution is 2.33. The summed E-state index contributed by atoms with van der Waals surface area (Å²) in [6, 6.07) is 12.0. The predicted molar refractivity (Wildman–Crippen MR) is 109 cm³/mol. The van der Waals surface area contributed by atoms with Crippen molar-refractivity contribution in [1.82, 2.24) is 15.5 Å². The van der Waals surface area contributed by atoms with E-state index in [1.165, 1.54) is 0 Å². The highest BCUT2D eigenvalue weighted by Gasteiger charge is 2.26. The molecule has 2 aliphatic rings. The Morgan fingerprint density at radius 3 is 2.74 bits per heavy atom. The van der Waals surface area contributed by atoms with Gasteiger partial charge < -0.3 is 24.4 Å². The van der Waals surface area contributed by atoms with Gasteiger partial charge in [-0.2, -0.15) is 0 Å². The molecule has 2 amide bonds. The third kappa shape index (κ3) is 5.43. The molecule has 2 aliphatic heterocycles. The molecule has 1 fully saturated rings. The molecule has 164 valence electrons. The van der Waals surface area contributed by atoms with E-state index in [4.69, 9.17) is 14.2 Å². The lowest BCUT2D eigenvalue weighted by Crippen LogP contribution is -2.47. The topological polar surface area (TPSA) is 89.1 Å². The van der Waals surface area contributed by atoms with E-state index < -0.39 is 24.2 Å². The maximum absolute atomic E-state index is 14.6. The van der Waals surface area contributed by atoms with Gasteiger partial charge >= 0.3 is 12.2 Å². The fraction of sp³-hybridized carbons (Fsp3) is 0.364. The quantitative estimate of drug-likeness (QED) is 0.777. The molecule has 2 heterocycles. The summed E-state index contributed by atoms with van der Waals surface area (Å²) in [7, 11) is 0. The molecule has 9 heteroatoms. The number of hydrogen-bond acceptors (Lipinski definition) is 6. The van der Waals surface area contributed by atoms with E-state index in [9.17, 15) is 14.0 Å². The monoisotopic (exact) mass is 429 g/mol. The largest absolute Gasteiger partial charge is 0.467 e. The third-order valence-corrected chi connectivity index (χ3v) is 5.10. The second-order valence-corrected chi connectivity index (χ2v) is 7.35. The Morgan fingerprint density at radius 2 is 1.97 bits per heavy atom. The number of aryl methyl sites for hydroxylation is 1.